The second-order valence-corrected chi connectivity index (χ2v) is 5.41. The molecule has 17 heavy (non-hydrogen) atoms. The standard InChI is InChI=1S/C13H24N2O2/c1-10-7-11(8-14)9-15(10)13(16)5-4-12-3-2-6-17-12/h10-12H,2-9,14H2,1H3. The molecule has 0 bridgehead atoms. The number of rotatable bonds is 4. The van der Waals surface area contributed by atoms with Crippen LogP contribution in [0.1, 0.15) is 39.0 Å². The van der Waals surface area contributed by atoms with Gasteiger partial charge in [0.15, 0.2) is 0 Å². The van der Waals surface area contributed by atoms with Crippen molar-refractivity contribution in [1.82, 2.24) is 4.90 Å². The van der Waals surface area contributed by atoms with E-state index < -0.39 is 0 Å². The van der Waals surface area contributed by atoms with E-state index in [0.29, 0.717) is 31.0 Å². The summed E-state index contributed by atoms with van der Waals surface area (Å²) in [7, 11) is 0. The van der Waals surface area contributed by atoms with Gasteiger partial charge in [0.2, 0.25) is 5.91 Å². The van der Waals surface area contributed by atoms with Gasteiger partial charge in [-0.15, -0.1) is 0 Å². The van der Waals surface area contributed by atoms with E-state index in [1.807, 2.05) is 4.90 Å². The Balaban J connectivity index is 1.75. The summed E-state index contributed by atoms with van der Waals surface area (Å²) in [4.78, 5) is 14.1. The summed E-state index contributed by atoms with van der Waals surface area (Å²) in [5.74, 6) is 0.778. The summed E-state index contributed by atoms with van der Waals surface area (Å²) in [6.07, 6.45) is 5.16. The zero-order valence-corrected chi connectivity index (χ0v) is 10.7. The van der Waals surface area contributed by atoms with Crippen LogP contribution >= 0.6 is 0 Å². The number of carbonyl (C=O) groups excluding carboxylic acids is 1. The zero-order valence-electron chi connectivity index (χ0n) is 10.7. The molecule has 0 aromatic rings. The van der Waals surface area contributed by atoms with Crippen LogP contribution in [-0.4, -0.2) is 42.6 Å². The maximum atomic E-state index is 12.1. The third-order valence-corrected chi connectivity index (χ3v) is 4.02. The van der Waals surface area contributed by atoms with Gasteiger partial charge in [0.1, 0.15) is 0 Å². The Bertz CT molecular complexity index is 264. The van der Waals surface area contributed by atoms with E-state index in [2.05, 4.69) is 6.92 Å². The van der Waals surface area contributed by atoms with E-state index in [1.54, 1.807) is 0 Å². The van der Waals surface area contributed by atoms with Crippen LogP contribution in [0.15, 0.2) is 0 Å². The van der Waals surface area contributed by atoms with Crippen molar-refractivity contribution in [3.8, 4) is 0 Å². The molecular formula is C13H24N2O2. The molecule has 2 saturated heterocycles. The first-order valence-corrected chi connectivity index (χ1v) is 6.82. The minimum Gasteiger partial charge on any atom is -0.378 e. The fourth-order valence-electron chi connectivity index (χ4n) is 2.96. The van der Waals surface area contributed by atoms with Gasteiger partial charge in [0.05, 0.1) is 6.10 Å². The number of carbonyl (C=O) groups is 1. The number of hydrogen-bond donors (Lipinski definition) is 1. The smallest absolute Gasteiger partial charge is 0.222 e. The fraction of sp³-hybridized carbons (Fsp3) is 0.923. The number of nitrogens with two attached hydrogens (primary N) is 1. The van der Waals surface area contributed by atoms with Crippen LogP contribution in [0.25, 0.3) is 0 Å². The molecule has 3 unspecified atom stereocenters. The first-order valence-electron chi connectivity index (χ1n) is 6.82. The second kappa shape index (κ2) is 5.83. The fourth-order valence-corrected chi connectivity index (χ4v) is 2.96. The lowest BCUT2D eigenvalue weighted by Crippen LogP contribution is -2.34. The minimum absolute atomic E-state index is 0.281. The van der Waals surface area contributed by atoms with Crippen molar-refractivity contribution >= 4 is 5.91 Å². The molecule has 2 fully saturated rings. The Morgan fingerprint density at radius 1 is 1.53 bits per heavy atom. The molecule has 2 N–H and O–H groups in total. The van der Waals surface area contributed by atoms with Crippen LogP contribution in [0.2, 0.25) is 0 Å². The lowest BCUT2D eigenvalue weighted by Gasteiger charge is -2.22. The van der Waals surface area contributed by atoms with Crippen molar-refractivity contribution in [2.24, 2.45) is 11.7 Å². The summed E-state index contributed by atoms with van der Waals surface area (Å²) < 4.78 is 5.54. The molecule has 0 radical (unpaired) electrons. The Labute approximate surface area is 103 Å². The Morgan fingerprint density at radius 2 is 2.35 bits per heavy atom. The van der Waals surface area contributed by atoms with Gasteiger partial charge < -0.3 is 15.4 Å². The summed E-state index contributed by atoms with van der Waals surface area (Å²) in [5.41, 5.74) is 5.67. The van der Waals surface area contributed by atoms with Crippen molar-refractivity contribution in [2.75, 3.05) is 19.7 Å². The lowest BCUT2D eigenvalue weighted by atomic mass is 10.1. The molecule has 98 valence electrons. The SMILES string of the molecule is CC1CC(CN)CN1C(=O)CCC1CCCO1. The first-order chi connectivity index (χ1) is 8.20. The van der Waals surface area contributed by atoms with Crippen LogP contribution in [0.4, 0.5) is 0 Å². The van der Waals surface area contributed by atoms with Crippen LogP contribution < -0.4 is 5.73 Å². The maximum Gasteiger partial charge on any atom is 0.222 e. The third kappa shape index (κ3) is 3.19. The molecule has 4 heteroatoms. The molecule has 2 aliphatic rings. The third-order valence-electron chi connectivity index (χ3n) is 4.02. The van der Waals surface area contributed by atoms with Gasteiger partial charge in [0, 0.05) is 25.6 Å². The molecule has 0 aromatic carbocycles. The number of amides is 1. The van der Waals surface area contributed by atoms with Crippen molar-refractivity contribution in [1.29, 1.82) is 0 Å². The van der Waals surface area contributed by atoms with Gasteiger partial charge in [-0.3, -0.25) is 4.79 Å². The average molecular weight is 240 g/mol. The molecule has 0 aliphatic carbocycles. The van der Waals surface area contributed by atoms with Crippen LogP contribution in [-0.2, 0) is 9.53 Å². The van der Waals surface area contributed by atoms with Crippen molar-refractivity contribution in [2.45, 2.75) is 51.2 Å². The van der Waals surface area contributed by atoms with Crippen molar-refractivity contribution in [3.63, 3.8) is 0 Å². The monoisotopic (exact) mass is 240 g/mol. The number of hydrogen-bond acceptors (Lipinski definition) is 3. The predicted octanol–water partition coefficient (Wildman–Crippen LogP) is 1.14. The van der Waals surface area contributed by atoms with Crippen molar-refractivity contribution < 1.29 is 9.53 Å². The van der Waals surface area contributed by atoms with Gasteiger partial charge >= 0.3 is 0 Å². The summed E-state index contributed by atoms with van der Waals surface area (Å²) >= 11 is 0. The normalized spacial score (nSPS) is 33.3. The van der Waals surface area contributed by atoms with Gasteiger partial charge in [-0.25, -0.2) is 0 Å². The van der Waals surface area contributed by atoms with E-state index in [9.17, 15) is 4.79 Å². The molecule has 3 atom stereocenters. The highest BCUT2D eigenvalue weighted by molar-refractivity contribution is 5.76. The van der Waals surface area contributed by atoms with Gasteiger partial charge in [0.25, 0.3) is 0 Å². The van der Waals surface area contributed by atoms with Gasteiger partial charge in [-0.05, 0) is 45.1 Å². The predicted molar refractivity (Wildman–Crippen MR) is 66.5 cm³/mol. The molecule has 2 rings (SSSR count). The van der Waals surface area contributed by atoms with E-state index >= 15 is 0 Å². The van der Waals surface area contributed by atoms with E-state index in [0.717, 1.165) is 38.8 Å². The lowest BCUT2D eigenvalue weighted by molar-refractivity contribution is -0.132. The van der Waals surface area contributed by atoms with Crippen LogP contribution in [0.3, 0.4) is 0 Å². The number of nitrogens with zero attached hydrogens (tertiary/aromatic N) is 1. The Hall–Kier alpha value is -0.610. The maximum absolute atomic E-state index is 12.1. The highest BCUT2D eigenvalue weighted by atomic mass is 16.5. The van der Waals surface area contributed by atoms with Gasteiger partial charge in [-0.2, -0.15) is 0 Å². The first kappa shape index (κ1) is 12.8. The molecule has 0 aromatic heterocycles. The molecule has 2 aliphatic heterocycles. The van der Waals surface area contributed by atoms with Crippen molar-refractivity contribution in [3.05, 3.63) is 0 Å². The highest BCUT2D eigenvalue weighted by Gasteiger charge is 2.31. The van der Waals surface area contributed by atoms with Crippen LogP contribution in [0, 0.1) is 5.92 Å². The largest absolute Gasteiger partial charge is 0.378 e. The van der Waals surface area contributed by atoms with Crippen LogP contribution in [0.5, 0.6) is 0 Å². The summed E-state index contributed by atoms with van der Waals surface area (Å²) in [5, 5.41) is 0. The molecular weight excluding hydrogens is 216 g/mol. The van der Waals surface area contributed by atoms with E-state index in [4.69, 9.17) is 10.5 Å². The zero-order chi connectivity index (χ0) is 12.3. The molecule has 4 nitrogen and oxygen atoms in total. The molecule has 0 spiro atoms. The Morgan fingerprint density at radius 3 is 2.94 bits per heavy atom. The quantitative estimate of drug-likeness (QED) is 0.801. The minimum atomic E-state index is 0.281. The van der Waals surface area contributed by atoms with Gasteiger partial charge in [-0.1, -0.05) is 0 Å². The summed E-state index contributed by atoms with van der Waals surface area (Å²) in [6.45, 7) is 4.54. The van der Waals surface area contributed by atoms with E-state index in [-0.39, 0.29) is 5.91 Å². The molecule has 2 heterocycles. The number of likely N-dealkylation sites (tertiary alicyclic amines) is 1. The van der Waals surface area contributed by atoms with E-state index in [1.165, 1.54) is 0 Å². The summed E-state index contributed by atoms with van der Waals surface area (Å²) in [6, 6.07) is 0.362. The molecule has 1 amide bonds. The average Bonchev–Trinajstić information content (AvgIpc) is 2.94. The Kier molecular flexibility index (Phi) is 4.40. The topological polar surface area (TPSA) is 55.6 Å². The second-order valence-electron chi connectivity index (χ2n) is 5.41. The molecule has 0 saturated carbocycles. The highest BCUT2D eigenvalue weighted by Crippen LogP contribution is 2.24. The number of ether oxygens (including phenoxy) is 1.